The molecule has 9 heavy (non-hydrogen) atoms. The van der Waals surface area contributed by atoms with Crippen LogP contribution in [0.15, 0.2) is 0 Å². The van der Waals surface area contributed by atoms with E-state index in [1.54, 1.807) is 0 Å². The van der Waals surface area contributed by atoms with Crippen LogP contribution >= 0.6 is 0 Å². The zero-order chi connectivity index (χ0) is 6.20. The van der Waals surface area contributed by atoms with E-state index in [0.29, 0.717) is 0 Å². The molecule has 50 valence electrons. The Hall–Kier alpha value is 0.910. The standard InChI is InChI=1S/C4H8O3S.Na.H/c1-8(5,6)7-4-2-3-4;;/h4H,2-3H2,1H3;;/q;+1;-1. The predicted octanol–water partition coefficient (Wildman–Crippen LogP) is -2.76. The molecule has 1 aliphatic rings. The van der Waals surface area contributed by atoms with Crippen molar-refractivity contribution in [2.45, 2.75) is 18.9 Å². The summed E-state index contributed by atoms with van der Waals surface area (Å²) in [5, 5.41) is 0. The second kappa shape index (κ2) is 3.34. The van der Waals surface area contributed by atoms with Crippen LogP contribution in [-0.2, 0) is 14.3 Å². The monoisotopic (exact) mass is 160 g/mol. The topological polar surface area (TPSA) is 43.4 Å². The van der Waals surface area contributed by atoms with Gasteiger partial charge in [-0.25, -0.2) is 0 Å². The minimum absolute atomic E-state index is 0. The summed E-state index contributed by atoms with van der Waals surface area (Å²) in [4.78, 5) is 0. The Morgan fingerprint density at radius 3 is 2.11 bits per heavy atom. The molecule has 5 heteroatoms. The van der Waals surface area contributed by atoms with E-state index in [4.69, 9.17) is 0 Å². The van der Waals surface area contributed by atoms with Crippen LogP contribution in [0.3, 0.4) is 0 Å². The first-order chi connectivity index (χ1) is 3.58. The second-order valence-electron chi connectivity index (χ2n) is 2.00. The maximum absolute atomic E-state index is 10.3. The first-order valence-corrected chi connectivity index (χ1v) is 4.28. The van der Waals surface area contributed by atoms with Gasteiger partial charge in [-0.15, -0.1) is 0 Å². The summed E-state index contributed by atoms with van der Waals surface area (Å²) in [6.07, 6.45) is 2.87. The van der Waals surface area contributed by atoms with E-state index in [1.165, 1.54) is 0 Å². The third-order valence-corrected chi connectivity index (χ3v) is 1.46. The zero-order valence-electron chi connectivity index (χ0n) is 6.62. The van der Waals surface area contributed by atoms with Crippen LogP contribution in [0.25, 0.3) is 0 Å². The van der Waals surface area contributed by atoms with Gasteiger partial charge in [0.2, 0.25) is 0 Å². The van der Waals surface area contributed by atoms with E-state index in [0.717, 1.165) is 19.1 Å². The maximum atomic E-state index is 10.3. The van der Waals surface area contributed by atoms with Gasteiger partial charge in [0.25, 0.3) is 10.1 Å². The molecular formula is C4H9NaO3S. The van der Waals surface area contributed by atoms with Gasteiger partial charge in [0.15, 0.2) is 0 Å². The third kappa shape index (κ3) is 5.36. The molecular weight excluding hydrogens is 151 g/mol. The number of hydrogen-bond acceptors (Lipinski definition) is 3. The normalized spacial score (nSPS) is 18.8. The molecule has 1 fully saturated rings. The van der Waals surface area contributed by atoms with Crippen molar-refractivity contribution in [2.75, 3.05) is 6.26 Å². The van der Waals surface area contributed by atoms with Crippen molar-refractivity contribution in [2.24, 2.45) is 0 Å². The summed E-state index contributed by atoms with van der Waals surface area (Å²) < 4.78 is 25.0. The molecule has 0 bridgehead atoms. The molecule has 0 unspecified atom stereocenters. The molecule has 1 aliphatic carbocycles. The van der Waals surface area contributed by atoms with Gasteiger partial charge in [-0.1, -0.05) is 0 Å². The SMILES string of the molecule is CS(=O)(=O)OC1CC1.[H-].[Na+]. The van der Waals surface area contributed by atoms with E-state index >= 15 is 0 Å². The molecule has 0 spiro atoms. The summed E-state index contributed by atoms with van der Waals surface area (Å²) >= 11 is 0. The van der Waals surface area contributed by atoms with Crippen molar-refractivity contribution in [3.8, 4) is 0 Å². The van der Waals surface area contributed by atoms with E-state index in [2.05, 4.69) is 4.18 Å². The summed E-state index contributed by atoms with van der Waals surface area (Å²) in [5.74, 6) is 0. The largest absolute Gasteiger partial charge is 1.00 e. The number of rotatable bonds is 2. The van der Waals surface area contributed by atoms with Gasteiger partial charge in [0.1, 0.15) is 0 Å². The van der Waals surface area contributed by atoms with Gasteiger partial charge in [-0.05, 0) is 12.8 Å². The average Bonchev–Trinajstić information content (AvgIpc) is 2.12. The Bertz CT molecular complexity index is 175. The zero-order valence-corrected chi connectivity index (χ0v) is 8.44. The Labute approximate surface area is 78.7 Å². The molecule has 0 saturated heterocycles. The quantitative estimate of drug-likeness (QED) is 0.325. The Balaban J connectivity index is 0. The summed E-state index contributed by atoms with van der Waals surface area (Å²) in [5.41, 5.74) is 0. The van der Waals surface area contributed by atoms with Crippen molar-refractivity contribution in [3.63, 3.8) is 0 Å². The Kier molecular flexibility index (Phi) is 3.68. The van der Waals surface area contributed by atoms with Gasteiger partial charge in [-0.2, -0.15) is 8.42 Å². The van der Waals surface area contributed by atoms with E-state index in [9.17, 15) is 8.42 Å². The molecule has 0 aromatic heterocycles. The summed E-state index contributed by atoms with van der Waals surface area (Å²) in [6.45, 7) is 0. The second-order valence-corrected chi connectivity index (χ2v) is 3.60. The van der Waals surface area contributed by atoms with E-state index in [-0.39, 0.29) is 37.1 Å². The van der Waals surface area contributed by atoms with Gasteiger partial charge in [0, 0.05) is 0 Å². The maximum Gasteiger partial charge on any atom is 1.00 e. The fourth-order valence-corrected chi connectivity index (χ4v) is 1.10. The van der Waals surface area contributed by atoms with E-state index in [1.807, 2.05) is 0 Å². The predicted molar refractivity (Wildman–Crippen MR) is 30.1 cm³/mol. The van der Waals surface area contributed by atoms with Crippen LogP contribution in [0.1, 0.15) is 14.3 Å². The van der Waals surface area contributed by atoms with Crippen molar-refractivity contribution in [1.29, 1.82) is 0 Å². The molecule has 0 radical (unpaired) electrons. The van der Waals surface area contributed by atoms with Crippen molar-refractivity contribution in [1.82, 2.24) is 0 Å². The van der Waals surface area contributed by atoms with Crippen molar-refractivity contribution >= 4 is 10.1 Å². The molecule has 0 atom stereocenters. The van der Waals surface area contributed by atoms with Gasteiger partial charge in [0.05, 0.1) is 12.4 Å². The van der Waals surface area contributed by atoms with Crippen LogP contribution in [0.4, 0.5) is 0 Å². The van der Waals surface area contributed by atoms with Crippen LogP contribution in [0, 0.1) is 0 Å². The molecule has 0 N–H and O–H groups in total. The van der Waals surface area contributed by atoms with E-state index < -0.39 is 10.1 Å². The molecule has 0 aliphatic heterocycles. The van der Waals surface area contributed by atoms with Crippen LogP contribution in [0.2, 0.25) is 0 Å². The molecule has 0 aromatic carbocycles. The molecule has 1 saturated carbocycles. The minimum Gasteiger partial charge on any atom is -1.00 e. The van der Waals surface area contributed by atoms with Crippen molar-refractivity contribution in [3.05, 3.63) is 0 Å². The minimum atomic E-state index is -3.16. The van der Waals surface area contributed by atoms with Crippen LogP contribution in [0.5, 0.6) is 0 Å². The van der Waals surface area contributed by atoms with Crippen LogP contribution < -0.4 is 29.6 Å². The first-order valence-electron chi connectivity index (χ1n) is 2.46. The Morgan fingerprint density at radius 1 is 1.56 bits per heavy atom. The van der Waals surface area contributed by atoms with Gasteiger partial charge in [-0.3, -0.25) is 4.18 Å². The average molecular weight is 160 g/mol. The smallest absolute Gasteiger partial charge is 1.00 e. The molecule has 0 amide bonds. The van der Waals surface area contributed by atoms with Crippen LogP contribution in [-0.4, -0.2) is 20.8 Å². The van der Waals surface area contributed by atoms with Gasteiger partial charge < -0.3 is 1.43 Å². The molecule has 1 rings (SSSR count). The third-order valence-electron chi connectivity index (χ3n) is 0.835. The fraction of sp³-hybridized carbons (Fsp3) is 1.00. The molecule has 0 heterocycles. The first kappa shape index (κ1) is 9.91. The Morgan fingerprint density at radius 2 is 2.00 bits per heavy atom. The van der Waals surface area contributed by atoms with Crippen molar-refractivity contribution < 1.29 is 43.6 Å². The molecule has 0 aromatic rings. The molecule has 3 nitrogen and oxygen atoms in total. The fourth-order valence-electron chi connectivity index (χ4n) is 0.411. The summed E-state index contributed by atoms with van der Waals surface area (Å²) in [6, 6.07) is 0. The van der Waals surface area contributed by atoms with Gasteiger partial charge >= 0.3 is 29.6 Å². The summed E-state index contributed by atoms with van der Waals surface area (Å²) in [7, 11) is -3.16. The number of hydrogen-bond donors (Lipinski definition) is 0.